The Morgan fingerprint density at radius 3 is 2.17 bits per heavy atom. The number of hydrogen-bond acceptors (Lipinski definition) is 5. The standard InChI is InChI=1S/C27H29N3O4S/c1-30(2)25(31)16-11-20-7-6-8-22(19-20)28-27(35)29-26(32)21-12-14-24(15-13-21)34-18-17-33-23-9-4-3-5-10-23/h3-10,12-15,19H,11,16-18H2,1-2H3,(H2,28,29,32,35). The lowest BCUT2D eigenvalue weighted by molar-refractivity contribution is -0.128. The fraction of sp³-hybridized carbons (Fsp3) is 0.222. The van der Waals surface area contributed by atoms with Crippen molar-refractivity contribution < 1.29 is 19.1 Å². The Morgan fingerprint density at radius 1 is 0.857 bits per heavy atom. The number of benzene rings is 3. The van der Waals surface area contributed by atoms with E-state index in [0.29, 0.717) is 37.4 Å². The van der Waals surface area contributed by atoms with Gasteiger partial charge in [0.05, 0.1) is 0 Å². The number of nitrogens with one attached hydrogen (secondary N) is 2. The molecule has 3 rings (SSSR count). The molecule has 2 amide bonds. The molecule has 0 heterocycles. The van der Waals surface area contributed by atoms with E-state index in [1.54, 1.807) is 43.3 Å². The fourth-order valence-electron chi connectivity index (χ4n) is 3.16. The van der Waals surface area contributed by atoms with Crippen molar-refractivity contribution in [1.29, 1.82) is 0 Å². The number of carbonyl (C=O) groups is 2. The third-order valence-corrected chi connectivity index (χ3v) is 5.22. The number of aryl methyl sites for hydroxylation is 1. The van der Waals surface area contributed by atoms with Gasteiger partial charge in [-0.3, -0.25) is 14.9 Å². The summed E-state index contributed by atoms with van der Waals surface area (Å²) in [7, 11) is 3.48. The lowest BCUT2D eigenvalue weighted by atomic mass is 10.1. The molecule has 0 radical (unpaired) electrons. The van der Waals surface area contributed by atoms with E-state index in [-0.39, 0.29) is 16.9 Å². The largest absolute Gasteiger partial charge is 0.490 e. The normalized spacial score (nSPS) is 10.2. The van der Waals surface area contributed by atoms with E-state index in [1.165, 1.54) is 0 Å². The number of para-hydroxylation sites is 1. The smallest absolute Gasteiger partial charge is 0.257 e. The molecule has 35 heavy (non-hydrogen) atoms. The first-order valence-electron chi connectivity index (χ1n) is 11.2. The number of amides is 2. The van der Waals surface area contributed by atoms with Crippen LogP contribution in [0.3, 0.4) is 0 Å². The first kappa shape index (κ1) is 25.7. The Balaban J connectivity index is 1.43. The van der Waals surface area contributed by atoms with Crippen LogP contribution in [0.25, 0.3) is 0 Å². The summed E-state index contributed by atoms with van der Waals surface area (Å²) in [6.45, 7) is 0.802. The predicted octanol–water partition coefficient (Wildman–Crippen LogP) is 4.29. The monoisotopic (exact) mass is 491 g/mol. The van der Waals surface area contributed by atoms with Crippen molar-refractivity contribution in [2.75, 3.05) is 32.6 Å². The molecule has 0 saturated heterocycles. The van der Waals surface area contributed by atoms with Gasteiger partial charge in [-0.05, 0) is 72.7 Å². The van der Waals surface area contributed by atoms with Gasteiger partial charge in [0.2, 0.25) is 5.91 Å². The number of hydrogen-bond donors (Lipinski definition) is 2. The van der Waals surface area contributed by atoms with Crippen LogP contribution < -0.4 is 20.1 Å². The highest BCUT2D eigenvalue weighted by atomic mass is 32.1. The summed E-state index contributed by atoms with van der Waals surface area (Å²) in [5.74, 6) is 1.18. The molecule has 7 nitrogen and oxygen atoms in total. The minimum Gasteiger partial charge on any atom is -0.490 e. The second kappa shape index (κ2) is 13.1. The summed E-state index contributed by atoms with van der Waals surface area (Å²) in [6, 6.07) is 23.9. The SMILES string of the molecule is CN(C)C(=O)CCc1cccc(NC(=S)NC(=O)c2ccc(OCCOc3ccccc3)cc2)c1. The Bertz CT molecular complexity index is 1130. The van der Waals surface area contributed by atoms with Crippen molar-refractivity contribution in [3.63, 3.8) is 0 Å². The van der Waals surface area contributed by atoms with Crippen LogP contribution in [0.2, 0.25) is 0 Å². The highest BCUT2D eigenvalue weighted by Crippen LogP contribution is 2.15. The van der Waals surface area contributed by atoms with Crippen molar-refractivity contribution in [2.45, 2.75) is 12.8 Å². The Hall–Kier alpha value is -3.91. The summed E-state index contributed by atoms with van der Waals surface area (Å²) in [6.07, 6.45) is 1.05. The van der Waals surface area contributed by atoms with Crippen LogP contribution in [0.15, 0.2) is 78.9 Å². The zero-order chi connectivity index (χ0) is 25.0. The molecule has 0 aromatic heterocycles. The van der Waals surface area contributed by atoms with Gasteiger partial charge in [0, 0.05) is 31.8 Å². The molecule has 3 aromatic rings. The van der Waals surface area contributed by atoms with Crippen molar-refractivity contribution in [3.8, 4) is 11.5 Å². The summed E-state index contributed by atoms with van der Waals surface area (Å²) in [5, 5.41) is 5.89. The van der Waals surface area contributed by atoms with Crippen LogP contribution in [0, 0.1) is 0 Å². The van der Waals surface area contributed by atoms with Crippen LogP contribution in [0.4, 0.5) is 5.69 Å². The van der Waals surface area contributed by atoms with Crippen molar-refractivity contribution in [2.24, 2.45) is 0 Å². The van der Waals surface area contributed by atoms with Gasteiger partial charge in [-0.1, -0.05) is 30.3 Å². The Morgan fingerprint density at radius 2 is 1.51 bits per heavy atom. The molecule has 8 heteroatoms. The first-order valence-corrected chi connectivity index (χ1v) is 11.6. The average Bonchev–Trinajstić information content (AvgIpc) is 2.86. The number of carbonyl (C=O) groups excluding carboxylic acids is 2. The average molecular weight is 492 g/mol. The van der Waals surface area contributed by atoms with E-state index in [0.717, 1.165) is 17.0 Å². The van der Waals surface area contributed by atoms with Crippen LogP contribution in [0.5, 0.6) is 11.5 Å². The molecule has 0 spiro atoms. The van der Waals surface area contributed by atoms with Crippen molar-refractivity contribution in [3.05, 3.63) is 90.0 Å². The van der Waals surface area contributed by atoms with Gasteiger partial charge in [0.25, 0.3) is 5.91 Å². The lowest BCUT2D eigenvalue weighted by Crippen LogP contribution is -2.34. The maximum atomic E-state index is 12.5. The van der Waals surface area contributed by atoms with E-state index in [2.05, 4.69) is 10.6 Å². The molecular weight excluding hydrogens is 462 g/mol. The minimum atomic E-state index is -0.325. The molecule has 3 aromatic carbocycles. The van der Waals surface area contributed by atoms with Crippen molar-refractivity contribution in [1.82, 2.24) is 10.2 Å². The van der Waals surface area contributed by atoms with E-state index in [4.69, 9.17) is 21.7 Å². The number of nitrogens with zero attached hydrogens (tertiary/aromatic N) is 1. The topological polar surface area (TPSA) is 79.9 Å². The molecular formula is C27H29N3O4S. The van der Waals surface area contributed by atoms with Crippen LogP contribution in [-0.2, 0) is 11.2 Å². The number of ether oxygens (including phenoxy) is 2. The number of thiocarbonyl (C=S) groups is 1. The van der Waals surface area contributed by atoms with Gasteiger partial charge in [0.1, 0.15) is 24.7 Å². The van der Waals surface area contributed by atoms with Gasteiger partial charge in [-0.25, -0.2) is 0 Å². The molecule has 0 fully saturated rings. The molecule has 0 bridgehead atoms. The van der Waals surface area contributed by atoms with E-state index in [9.17, 15) is 9.59 Å². The molecule has 0 aliphatic heterocycles. The number of anilines is 1. The van der Waals surface area contributed by atoms with Crippen molar-refractivity contribution >= 4 is 34.8 Å². The van der Waals surface area contributed by atoms with E-state index < -0.39 is 0 Å². The zero-order valence-corrected chi connectivity index (χ0v) is 20.6. The van der Waals surface area contributed by atoms with Gasteiger partial charge < -0.3 is 19.7 Å². The summed E-state index contributed by atoms with van der Waals surface area (Å²) >= 11 is 5.29. The summed E-state index contributed by atoms with van der Waals surface area (Å²) in [5.41, 5.74) is 2.20. The molecule has 182 valence electrons. The van der Waals surface area contributed by atoms with E-state index >= 15 is 0 Å². The van der Waals surface area contributed by atoms with Crippen LogP contribution >= 0.6 is 12.2 Å². The highest BCUT2D eigenvalue weighted by Gasteiger charge is 2.09. The molecule has 0 aliphatic rings. The Kier molecular flexibility index (Phi) is 9.62. The molecule has 0 saturated carbocycles. The molecule has 0 unspecified atom stereocenters. The summed E-state index contributed by atoms with van der Waals surface area (Å²) < 4.78 is 11.3. The highest BCUT2D eigenvalue weighted by molar-refractivity contribution is 7.80. The lowest BCUT2D eigenvalue weighted by Gasteiger charge is -2.12. The fourth-order valence-corrected chi connectivity index (χ4v) is 3.37. The van der Waals surface area contributed by atoms with E-state index in [1.807, 2.05) is 54.6 Å². The molecule has 0 aliphatic carbocycles. The van der Waals surface area contributed by atoms with Gasteiger partial charge in [-0.15, -0.1) is 0 Å². The second-order valence-corrected chi connectivity index (χ2v) is 8.34. The first-order chi connectivity index (χ1) is 16.9. The zero-order valence-electron chi connectivity index (χ0n) is 19.8. The third kappa shape index (κ3) is 8.75. The molecule has 0 atom stereocenters. The van der Waals surface area contributed by atoms with Gasteiger partial charge >= 0.3 is 0 Å². The van der Waals surface area contributed by atoms with Crippen LogP contribution in [-0.4, -0.2) is 49.1 Å². The minimum absolute atomic E-state index is 0.0723. The number of rotatable bonds is 10. The quantitative estimate of drug-likeness (QED) is 0.325. The van der Waals surface area contributed by atoms with Gasteiger partial charge in [0.15, 0.2) is 5.11 Å². The Labute approximate surface area is 211 Å². The predicted molar refractivity (Wildman–Crippen MR) is 141 cm³/mol. The maximum Gasteiger partial charge on any atom is 0.257 e. The van der Waals surface area contributed by atoms with Crippen LogP contribution in [0.1, 0.15) is 22.3 Å². The second-order valence-electron chi connectivity index (χ2n) is 7.93. The maximum absolute atomic E-state index is 12.5. The molecule has 2 N–H and O–H groups in total. The third-order valence-electron chi connectivity index (χ3n) is 5.02. The summed E-state index contributed by atoms with van der Waals surface area (Å²) in [4.78, 5) is 25.9. The van der Waals surface area contributed by atoms with Gasteiger partial charge in [-0.2, -0.15) is 0 Å².